The molecule has 1 aliphatic heterocycles. The molecule has 3 unspecified atom stereocenters. The Morgan fingerprint density at radius 3 is 2.55 bits per heavy atom. The maximum Gasteiger partial charge on any atom is 0.326 e. The number of rotatable bonds is 7. The van der Waals surface area contributed by atoms with Crippen LogP contribution in [0.2, 0.25) is 0 Å². The van der Waals surface area contributed by atoms with E-state index in [1.54, 1.807) is 24.9 Å². The third-order valence-corrected chi connectivity index (χ3v) is 8.99. The Morgan fingerprint density at radius 2 is 1.74 bits per heavy atom. The van der Waals surface area contributed by atoms with Crippen LogP contribution >= 0.6 is 23.5 Å². The molecular weight excluding hydrogens is 514 g/mol. The Kier molecular flexibility index (Phi) is 8.10. The monoisotopic (exact) mass is 543 g/mol. The fourth-order valence-electron chi connectivity index (χ4n) is 4.47. The fraction of sp³-hybridized carbons (Fsp3) is 0.200. The lowest BCUT2D eigenvalue weighted by Gasteiger charge is -2.40. The second-order valence-electron chi connectivity index (χ2n) is 8.87. The van der Waals surface area contributed by atoms with E-state index in [0.29, 0.717) is 23.5 Å². The first-order chi connectivity index (χ1) is 18.6. The third-order valence-electron chi connectivity index (χ3n) is 6.33. The summed E-state index contributed by atoms with van der Waals surface area (Å²) >= 11 is 3.26. The number of allylic oxidation sites excluding steroid dienone is 2. The first-order valence-electron chi connectivity index (χ1n) is 12.5. The Bertz CT molecular complexity index is 1390. The van der Waals surface area contributed by atoms with Gasteiger partial charge in [0.15, 0.2) is 0 Å². The molecule has 0 bridgehead atoms. The number of nitrogens with zero attached hydrogens (tertiary/aromatic N) is 1. The number of methoxy groups -OCH3 is 1. The van der Waals surface area contributed by atoms with E-state index in [0.717, 1.165) is 15.5 Å². The molecule has 2 aliphatic rings. The fourth-order valence-corrected chi connectivity index (χ4v) is 6.74. The predicted octanol–water partition coefficient (Wildman–Crippen LogP) is 7.21. The lowest BCUT2D eigenvalue weighted by atomic mass is 10.1. The molecule has 0 fully saturated rings. The maximum absolute atomic E-state index is 13.6. The molecule has 0 saturated carbocycles. The predicted molar refractivity (Wildman–Crippen MR) is 158 cm³/mol. The Balaban J connectivity index is 1.29. The lowest BCUT2D eigenvalue weighted by molar-refractivity contribution is -0.115. The van der Waals surface area contributed by atoms with Crippen molar-refractivity contribution in [1.29, 1.82) is 0 Å². The van der Waals surface area contributed by atoms with Crippen molar-refractivity contribution < 1.29 is 14.3 Å². The van der Waals surface area contributed by atoms with Gasteiger partial charge in [0.25, 0.3) is 0 Å². The van der Waals surface area contributed by atoms with Crippen LogP contribution in [0, 0.1) is 0 Å². The first-order valence-corrected chi connectivity index (χ1v) is 14.2. The standard InChI is InChI=1S/C30H29N3O3S2/c1-3-26(29(34)31-20-10-8-12-22(18-20)36-2)37-23-13-9-11-21(19-23)32-30(35)33-24-14-4-6-16-27(24)38-28-17-7-5-15-25(28)33/h4-19,24,26-27H,3H2,1-2H3,(H,31,34)(H,32,35). The van der Waals surface area contributed by atoms with Crippen LogP contribution in [0.4, 0.5) is 21.9 Å². The zero-order valence-corrected chi connectivity index (χ0v) is 22.8. The Labute approximate surface area is 231 Å². The number of hydrogen-bond acceptors (Lipinski definition) is 5. The summed E-state index contributed by atoms with van der Waals surface area (Å²) in [5, 5.41) is 5.94. The largest absolute Gasteiger partial charge is 0.497 e. The zero-order valence-electron chi connectivity index (χ0n) is 21.2. The molecule has 0 saturated heterocycles. The van der Waals surface area contributed by atoms with Crippen LogP contribution in [0.25, 0.3) is 0 Å². The van der Waals surface area contributed by atoms with E-state index < -0.39 is 0 Å². The lowest BCUT2D eigenvalue weighted by Crippen LogP contribution is -2.49. The SMILES string of the molecule is CCC(Sc1cccc(NC(=O)N2c3ccccc3SC3C=CC=CC32)c1)C(=O)Nc1cccc(OC)c1. The van der Waals surface area contributed by atoms with Gasteiger partial charge < -0.3 is 15.4 Å². The highest BCUT2D eigenvalue weighted by Gasteiger charge is 2.36. The maximum atomic E-state index is 13.6. The molecule has 3 aromatic carbocycles. The van der Waals surface area contributed by atoms with Gasteiger partial charge in [-0.15, -0.1) is 23.5 Å². The third kappa shape index (κ3) is 5.76. The van der Waals surface area contributed by atoms with E-state index in [4.69, 9.17) is 4.74 Å². The van der Waals surface area contributed by atoms with Gasteiger partial charge in [-0.1, -0.05) is 55.5 Å². The second kappa shape index (κ2) is 11.8. The van der Waals surface area contributed by atoms with Crippen LogP contribution in [-0.4, -0.2) is 35.6 Å². The van der Waals surface area contributed by atoms with E-state index in [1.165, 1.54) is 11.8 Å². The number of urea groups is 1. The van der Waals surface area contributed by atoms with E-state index in [9.17, 15) is 9.59 Å². The van der Waals surface area contributed by atoms with Crippen LogP contribution in [0.1, 0.15) is 13.3 Å². The normalized spacial score (nSPS) is 18.2. The highest BCUT2D eigenvalue weighted by Crippen LogP contribution is 2.43. The minimum Gasteiger partial charge on any atom is -0.497 e. The summed E-state index contributed by atoms with van der Waals surface area (Å²) < 4.78 is 5.25. The zero-order chi connectivity index (χ0) is 26.5. The van der Waals surface area contributed by atoms with Gasteiger partial charge in [0.2, 0.25) is 5.91 Å². The molecular formula is C30H29N3O3S2. The number of fused-ring (bicyclic) bond motifs is 2. The number of ether oxygens (including phenoxy) is 1. The molecule has 3 aromatic rings. The van der Waals surface area contributed by atoms with E-state index in [1.807, 2.05) is 84.6 Å². The van der Waals surface area contributed by atoms with Gasteiger partial charge >= 0.3 is 6.03 Å². The quantitative estimate of drug-likeness (QED) is 0.308. The van der Waals surface area contributed by atoms with Crippen molar-refractivity contribution in [1.82, 2.24) is 0 Å². The van der Waals surface area contributed by atoms with E-state index in [2.05, 4.69) is 28.9 Å². The molecule has 2 N–H and O–H groups in total. The molecule has 5 rings (SSSR count). The van der Waals surface area contributed by atoms with Crippen molar-refractivity contribution >= 4 is 52.5 Å². The first kappa shape index (κ1) is 26.0. The molecule has 38 heavy (non-hydrogen) atoms. The molecule has 3 atom stereocenters. The number of carbonyl (C=O) groups excluding carboxylic acids is 2. The minimum atomic E-state index is -0.293. The molecule has 3 amide bonds. The van der Waals surface area contributed by atoms with Gasteiger partial charge in [0, 0.05) is 27.2 Å². The van der Waals surface area contributed by atoms with Crippen LogP contribution < -0.4 is 20.3 Å². The molecule has 194 valence electrons. The number of para-hydroxylation sites is 1. The van der Waals surface area contributed by atoms with E-state index in [-0.39, 0.29) is 28.5 Å². The number of thioether (sulfide) groups is 2. The number of hydrogen-bond donors (Lipinski definition) is 2. The molecule has 0 radical (unpaired) electrons. The summed E-state index contributed by atoms with van der Waals surface area (Å²) in [6.07, 6.45) is 8.90. The van der Waals surface area contributed by atoms with Crippen molar-refractivity contribution in [2.75, 3.05) is 22.6 Å². The van der Waals surface area contributed by atoms with Crippen molar-refractivity contribution in [3.8, 4) is 5.75 Å². The number of nitrogens with one attached hydrogen (secondary N) is 2. The highest BCUT2D eigenvalue weighted by atomic mass is 32.2. The van der Waals surface area contributed by atoms with Crippen LogP contribution in [0.15, 0.2) is 107 Å². The highest BCUT2D eigenvalue weighted by molar-refractivity contribution is 8.00. The number of anilines is 3. The van der Waals surface area contributed by atoms with Gasteiger partial charge in [0.1, 0.15) is 5.75 Å². The number of amides is 3. The van der Waals surface area contributed by atoms with Gasteiger partial charge in [0.05, 0.1) is 29.3 Å². The van der Waals surface area contributed by atoms with Crippen molar-refractivity contribution in [2.45, 2.75) is 39.7 Å². The van der Waals surface area contributed by atoms with Crippen molar-refractivity contribution in [3.63, 3.8) is 0 Å². The van der Waals surface area contributed by atoms with Crippen LogP contribution in [-0.2, 0) is 4.79 Å². The summed E-state index contributed by atoms with van der Waals surface area (Å²) in [7, 11) is 1.60. The average molecular weight is 544 g/mol. The summed E-state index contributed by atoms with van der Waals surface area (Å²) in [4.78, 5) is 30.4. The number of carbonyl (C=O) groups is 2. The summed E-state index contributed by atoms with van der Waals surface area (Å²) in [6, 6.07) is 22.7. The van der Waals surface area contributed by atoms with Crippen LogP contribution in [0.5, 0.6) is 5.75 Å². The van der Waals surface area contributed by atoms with Crippen molar-refractivity contribution in [3.05, 3.63) is 97.1 Å². The average Bonchev–Trinajstić information content (AvgIpc) is 2.94. The number of benzene rings is 3. The summed E-state index contributed by atoms with van der Waals surface area (Å²) in [5.41, 5.74) is 2.28. The van der Waals surface area contributed by atoms with Crippen molar-refractivity contribution in [2.24, 2.45) is 0 Å². The van der Waals surface area contributed by atoms with Gasteiger partial charge in [-0.3, -0.25) is 9.69 Å². The molecule has 8 heteroatoms. The minimum absolute atomic E-state index is 0.0674. The Hall–Kier alpha value is -3.62. The Morgan fingerprint density at radius 1 is 0.974 bits per heavy atom. The topological polar surface area (TPSA) is 70.7 Å². The van der Waals surface area contributed by atoms with Crippen LogP contribution in [0.3, 0.4) is 0 Å². The van der Waals surface area contributed by atoms with Gasteiger partial charge in [-0.05, 0) is 48.9 Å². The molecule has 0 spiro atoms. The summed E-state index contributed by atoms with van der Waals surface area (Å²) in [6.45, 7) is 1.99. The molecule has 6 nitrogen and oxygen atoms in total. The second-order valence-corrected chi connectivity index (χ2v) is 11.4. The van der Waals surface area contributed by atoms with E-state index >= 15 is 0 Å². The molecule has 1 heterocycles. The van der Waals surface area contributed by atoms with Gasteiger partial charge in [-0.2, -0.15) is 0 Å². The molecule has 1 aliphatic carbocycles. The molecule has 0 aromatic heterocycles. The van der Waals surface area contributed by atoms with Gasteiger partial charge in [-0.25, -0.2) is 4.79 Å². The summed E-state index contributed by atoms with van der Waals surface area (Å²) in [5.74, 6) is 0.610. The smallest absolute Gasteiger partial charge is 0.326 e.